The van der Waals surface area contributed by atoms with Gasteiger partial charge < -0.3 is 0 Å². The number of amides is 2. The van der Waals surface area contributed by atoms with Crippen LogP contribution >= 0.6 is 0 Å². The second kappa shape index (κ2) is 6.81. The first kappa shape index (κ1) is 18.0. The van der Waals surface area contributed by atoms with E-state index in [-0.39, 0.29) is 17.4 Å². The van der Waals surface area contributed by atoms with Gasteiger partial charge in [0.25, 0.3) is 17.3 Å². The minimum Gasteiger partial charge on any atom is -0.273 e. The number of nitrogens with zero attached hydrogens (tertiary/aromatic N) is 2. The van der Waals surface area contributed by atoms with Crippen LogP contribution < -0.4 is 10.9 Å². The summed E-state index contributed by atoms with van der Waals surface area (Å²) >= 11 is 0. The fourth-order valence-corrected chi connectivity index (χ4v) is 1.66. The number of nitro benzene ring substituents is 2. The van der Waals surface area contributed by atoms with Crippen LogP contribution in [0.3, 0.4) is 0 Å². The van der Waals surface area contributed by atoms with E-state index in [1.165, 1.54) is 0 Å². The zero-order valence-corrected chi connectivity index (χ0v) is 12.8. The molecule has 0 heterocycles. The first-order chi connectivity index (χ1) is 10.5. The van der Waals surface area contributed by atoms with Crippen molar-refractivity contribution in [1.82, 2.24) is 10.9 Å². The fraction of sp³-hybridized carbons (Fsp3) is 0.385. The summed E-state index contributed by atoms with van der Waals surface area (Å²) in [5.41, 5.74) is 2.45. The Kier molecular flexibility index (Phi) is 5.34. The average molecular weight is 324 g/mol. The predicted octanol–water partition coefficient (Wildman–Crippen LogP) is 1.70. The van der Waals surface area contributed by atoms with Crippen molar-refractivity contribution in [2.75, 3.05) is 0 Å². The van der Waals surface area contributed by atoms with E-state index in [0.717, 1.165) is 18.2 Å². The molecule has 0 spiro atoms. The number of hydrazine groups is 1. The lowest BCUT2D eigenvalue weighted by Gasteiger charge is -2.17. The van der Waals surface area contributed by atoms with Crippen LogP contribution in [0.5, 0.6) is 0 Å². The summed E-state index contributed by atoms with van der Waals surface area (Å²) in [5, 5.41) is 21.5. The molecular formula is C13H16N4O6. The van der Waals surface area contributed by atoms with E-state index in [1.807, 2.05) is 20.8 Å². The number of hydrogen-bond acceptors (Lipinski definition) is 6. The molecule has 23 heavy (non-hydrogen) atoms. The SMILES string of the molecule is CC(C)(C)CC(=O)NNC(=O)c1cc([N+](=O)[O-])cc([N+](=O)[O-])c1. The monoisotopic (exact) mass is 324 g/mol. The van der Waals surface area contributed by atoms with Gasteiger partial charge in [-0.15, -0.1) is 0 Å². The van der Waals surface area contributed by atoms with Gasteiger partial charge in [-0.25, -0.2) is 0 Å². The third-order valence-corrected chi connectivity index (χ3v) is 2.59. The normalized spacial score (nSPS) is 10.7. The molecule has 0 unspecified atom stereocenters. The maximum absolute atomic E-state index is 11.9. The molecule has 0 saturated carbocycles. The minimum atomic E-state index is -0.890. The predicted molar refractivity (Wildman–Crippen MR) is 79.4 cm³/mol. The van der Waals surface area contributed by atoms with Crippen LogP contribution in [-0.2, 0) is 4.79 Å². The van der Waals surface area contributed by atoms with Crippen molar-refractivity contribution in [2.24, 2.45) is 5.41 Å². The van der Waals surface area contributed by atoms with E-state index < -0.39 is 33.0 Å². The Balaban J connectivity index is 2.89. The van der Waals surface area contributed by atoms with Crippen molar-refractivity contribution in [3.05, 3.63) is 44.0 Å². The quantitative estimate of drug-likeness (QED) is 0.637. The largest absolute Gasteiger partial charge is 0.277 e. The Morgan fingerprint density at radius 1 is 1.00 bits per heavy atom. The average Bonchev–Trinajstić information content (AvgIpc) is 2.42. The lowest BCUT2D eigenvalue weighted by Crippen LogP contribution is -2.42. The standard InChI is InChI=1S/C13H16N4O6/c1-13(2,3)7-11(18)14-15-12(19)8-4-9(16(20)21)6-10(5-8)17(22)23/h4-6H,7H2,1-3H3,(H,14,18)(H,15,19). The molecule has 0 atom stereocenters. The lowest BCUT2D eigenvalue weighted by molar-refractivity contribution is -0.394. The molecule has 124 valence electrons. The van der Waals surface area contributed by atoms with E-state index in [9.17, 15) is 29.8 Å². The van der Waals surface area contributed by atoms with Gasteiger partial charge in [0.05, 0.1) is 21.5 Å². The Morgan fingerprint density at radius 3 is 1.87 bits per heavy atom. The summed E-state index contributed by atoms with van der Waals surface area (Å²) in [7, 11) is 0. The van der Waals surface area contributed by atoms with Crippen molar-refractivity contribution >= 4 is 23.2 Å². The van der Waals surface area contributed by atoms with Gasteiger partial charge in [-0.2, -0.15) is 0 Å². The van der Waals surface area contributed by atoms with E-state index in [1.54, 1.807) is 0 Å². The molecular weight excluding hydrogens is 308 g/mol. The Hall–Kier alpha value is -3.04. The molecule has 0 aromatic heterocycles. The molecule has 1 rings (SSSR count). The Bertz CT molecular complexity index is 633. The van der Waals surface area contributed by atoms with Gasteiger partial charge in [0.2, 0.25) is 5.91 Å². The second-order valence-electron chi connectivity index (χ2n) is 5.99. The number of carbonyl (C=O) groups is 2. The first-order valence-corrected chi connectivity index (χ1v) is 6.52. The van der Waals surface area contributed by atoms with Crippen LogP contribution in [0.4, 0.5) is 11.4 Å². The van der Waals surface area contributed by atoms with Crippen molar-refractivity contribution < 1.29 is 19.4 Å². The highest BCUT2D eigenvalue weighted by Gasteiger charge is 2.21. The van der Waals surface area contributed by atoms with Gasteiger partial charge in [-0.1, -0.05) is 20.8 Å². The molecule has 0 bridgehead atoms. The third kappa shape index (κ3) is 5.69. The lowest BCUT2D eigenvalue weighted by atomic mass is 9.92. The van der Waals surface area contributed by atoms with Gasteiger partial charge in [-0.05, 0) is 5.41 Å². The van der Waals surface area contributed by atoms with Gasteiger partial charge in [0.1, 0.15) is 0 Å². The summed E-state index contributed by atoms with van der Waals surface area (Å²) in [4.78, 5) is 43.3. The number of carbonyl (C=O) groups excluding carboxylic acids is 2. The number of non-ortho nitro benzene ring substituents is 2. The van der Waals surface area contributed by atoms with E-state index in [4.69, 9.17) is 0 Å². The van der Waals surface area contributed by atoms with Crippen LogP contribution in [0.15, 0.2) is 18.2 Å². The van der Waals surface area contributed by atoms with Gasteiger partial charge in [-0.3, -0.25) is 40.7 Å². The number of hydrogen-bond donors (Lipinski definition) is 2. The molecule has 0 radical (unpaired) electrons. The van der Waals surface area contributed by atoms with Gasteiger partial charge in [0, 0.05) is 18.6 Å². The Morgan fingerprint density at radius 2 is 1.48 bits per heavy atom. The zero-order valence-electron chi connectivity index (χ0n) is 12.8. The van der Waals surface area contributed by atoms with Crippen LogP contribution in [0, 0.1) is 25.6 Å². The molecule has 10 heteroatoms. The second-order valence-corrected chi connectivity index (χ2v) is 5.99. The van der Waals surface area contributed by atoms with E-state index in [2.05, 4.69) is 10.9 Å². The molecule has 2 amide bonds. The summed E-state index contributed by atoms with van der Waals surface area (Å²) < 4.78 is 0. The highest BCUT2D eigenvalue weighted by Crippen LogP contribution is 2.22. The number of nitrogens with one attached hydrogen (secondary N) is 2. The Labute approximate surface area is 131 Å². The molecule has 0 aliphatic heterocycles. The van der Waals surface area contributed by atoms with Gasteiger partial charge >= 0.3 is 0 Å². The molecule has 0 aliphatic carbocycles. The molecule has 1 aromatic rings. The summed E-state index contributed by atoms with van der Waals surface area (Å²) in [6.07, 6.45) is 0.141. The zero-order chi connectivity index (χ0) is 17.8. The maximum Gasteiger partial charge on any atom is 0.277 e. The van der Waals surface area contributed by atoms with Crippen molar-refractivity contribution in [2.45, 2.75) is 27.2 Å². The highest BCUT2D eigenvalue weighted by molar-refractivity contribution is 5.96. The van der Waals surface area contributed by atoms with E-state index >= 15 is 0 Å². The van der Waals surface area contributed by atoms with Crippen LogP contribution in [0.2, 0.25) is 0 Å². The van der Waals surface area contributed by atoms with Crippen molar-refractivity contribution in [3.8, 4) is 0 Å². The topological polar surface area (TPSA) is 144 Å². The molecule has 1 aromatic carbocycles. The van der Waals surface area contributed by atoms with Gasteiger partial charge in [0.15, 0.2) is 0 Å². The summed E-state index contributed by atoms with van der Waals surface area (Å²) in [5.74, 6) is -1.34. The molecule has 0 fully saturated rings. The van der Waals surface area contributed by atoms with Crippen LogP contribution in [0.25, 0.3) is 0 Å². The fourth-order valence-electron chi connectivity index (χ4n) is 1.66. The molecule has 2 N–H and O–H groups in total. The maximum atomic E-state index is 11.9. The van der Waals surface area contributed by atoms with Crippen molar-refractivity contribution in [3.63, 3.8) is 0 Å². The summed E-state index contributed by atoms with van der Waals surface area (Å²) in [6.45, 7) is 5.49. The minimum absolute atomic E-state index is 0.141. The van der Waals surface area contributed by atoms with Crippen molar-refractivity contribution in [1.29, 1.82) is 0 Å². The highest BCUT2D eigenvalue weighted by atomic mass is 16.6. The number of nitro groups is 2. The third-order valence-electron chi connectivity index (χ3n) is 2.59. The first-order valence-electron chi connectivity index (χ1n) is 6.52. The molecule has 0 aliphatic rings. The molecule has 10 nitrogen and oxygen atoms in total. The summed E-state index contributed by atoms with van der Waals surface area (Å²) in [6, 6.07) is 2.52. The van der Waals surface area contributed by atoms with Crippen LogP contribution in [0.1, 0.15) is 37.6 Å². The molecule has 0 saturated heterocycles. The van der Waals surface area contributed by atoms with Crippen LogP contribution in [-0.4, -0.2) is 21.7 Å². The smallest absolute Gasteiger partial charge is 0.273 e. The van der Waals surface area contributed by atoms with E-state index in [0.29, 0.717) is 0 Å². The number of benzene rings is 1. The number of rotatable bonds is 4.